The van der Waals surface area contributed by atoms with E-state index >= 15 is 0 Å². The van der Waals surface area contributed by atoms with Gasteiger partial charge in [-0.05, 0) is 43.2 Å². The SMILES string of the molecule is Cc1ccc(CC(CO)CNC(=O)COc2ccc(C(N)=O)cc2)cc1. The van der Waals surface area contributed by atoms with Crippen LogP contribution < -0.4 is 15.8 Å². The molecule has 2 aromatic carbocycles. The van der Waals surface area contributed by atoms with Gasteiger partial charge < -0.3 is 20.9 Å². The minimum Gasteiger partial charge on any atom is -0.484 e. The fraction of sp³-hybridized carbons (Fsp3) is 0.300. The van der Waals surface area contributed by atoms with Gasteiger partial charge in [0.25, 0.3) is 5.91 Å². The molecule has 2 rings (SSSR count). The number of nitrogens with one attached hydrogen (secondary N) is 1. The van der Waals surface area contributed by atoms with Crippen molar-refractivity contribution in [2.45, 2.75) is 13.3 Å². The fourth-order valence-electron chi connectivity index (χ4n) is 2.43. The Morgan fingerprint density at radius 1 is 1.12 bits per heavy atom. The minimum atomic E-state index is -0.516. The Labute approximate surface area is 153 Å². The summed E-state index contributed by atoms with van der Waals surface area (Å²) < 4.78 is 5.37. The molecule has 0 bridgehead atoms. The van der Waals surface area contributed by atoms with Gasteiger partial charge in [0.2, 0.25) is 5.91 Å². The molecule has 6 nitrogen and oxygen atoms in total. The van der Waals surface area contributed by atoms with Crippen LogP contribution >= 0.6 is 0 Å². The zero-order valence-electron chi connectivity index (χ0n) is 14.8. The van der Waals surface area contributed by atoms with Crippen molar-refractivity contribution < 1.29 is 19.4 Å². The smallest absolute Gasteiger partial charge is 0.257 e. The number of ether oxygens (including phenoxy) is 1. The standard InChI is InChI=1S/C20H24N2O4/c1-14-2-4-15(5-3-14)10-16(12-23)11-22-19(24)13-26-18-8-6-17(7-9-18)20(21)25/h2-9,16,23H,10-13H2,1H3,(H2,21,25)(H,22,24). The molecular weight excluding hydrogens is 332 g/mol. The number of nitrogens with two attached hydrogens (primary N) is 1. The maximum Gasteiger partial charge on any atom is 0.257 e. The summed E-state index contributed by atoms with van der Waals surface area (Å²) in [4.78, 5) is 22.9. The van der Waals surface area contributed by atoms with E-state index in [9.17, 15) is 14.7 Å². The number of hydrogen-bond donors (Lipinski definition) is 3. The van der Waals surface area contributed by atoms with Crippen LogP contribution in [0.5, 0.6) is 5.75 Å². The molecule has 0 saturated heterocycles. The van der Waals surface area contributed by atoms with E-state index in [1.54, 1.807) is 24.3 Å². The summed E-state index contributed by atoms with van der Waals surface area (Å²) >= 11 is 0. The van der Waals surface area contributed by atoms with Gasteiger partial charge >= 0.3 is 0 Å². The summed E-state index contributed by atoms with van der Waals surface area (Å²) in [6.07, 6.45) is 0.687. The maximum atomic E-state index is 11.9. The summed E-state index contributed by atoms with van der Waals surface area (Å²) in [6.45, 7) is 2.24. The van der Waals surface area contributed by atoms with Crippen molar-refractivity contribution in [2.24, 2.45) is 11.7 Å². The average molecular weight is 356 g/mol. The molecule has 0 aliphatic heterocycles. The second-order valence-electron chi connectivity index (χ2n) is 6.22. The Kier molecular flexibility index (Phi) is 7.17. The highest BCUT2D eigenvalue weighted by molar-refractivity contribution is 5.92. The van der Waals surface area contributed by atoms with Crippen molar-refractivity contribution in [1.82, 2.24) is 5.32 Å². The zero-order valence-corrected chi connectivity index (χ0v) is 14.8. The Balaban J connectivity index is 1.75. The van der Waals surface area contributed by atoms with Crippen LogP contribution in [0, 0.1) is 12.8 Å². The topological polar surface area (TPSA) is 102 Å². The number of aliphatic hydroxyl groups is 1. The molecule has 4 N–H and O–H groups in total. The van der Waals surface area contributed by atoms with Crippen molar-refractivity contribution in [3.63, 3.8) is 0 Å². The van der Waals surface area contributed by atoms with Gasteiger partial charge in [-0.3, -0.25) is 9.59 Å². The van der Waals surface area contributed by atoms with Gasteiger partial charge in [-0.15, -0.1) is 0 Å². The quantitative estimate of drug-likeness (QED) is 0.633. The third-order valence-electron chi connectivity index (χ3n) is 4.00. The lowest BCUT2D eigenvalue weighted by atomic mass is 9.99. The predicted octanol–water partition coefficient (Wildman–Crippen LogP) is 1.44. The van der Waals surface area contributed by atoms with Crippen LogP contribution in [0.2, 0.25) is 0 Å². The lowest BCUT2D eigenvalue weighted by Crippen LogP contribution is -2.35. The number of aryl methyl sites for hydroxylation is 1. The highest BCUT2D eigenvalue weighted by atomic mass is 16.5. The van der Waals surface area contributed by atoms with Crippen LogP contribution in [0.3, 0.4) is 0 Å². The number of primary amides is 1. The molecule has 6 heteroatoms. The number of amides is 2. The van der Waals surface area contributed by atoms with Crippen LogP contribution in [-0.4, -0.2) is 36.7 Å². The Hall–Kier alpha value is -2.86. The van der Waals surface area contributed by atoms with E-state index in [-0.39, 0.29) is 25.0 Å². The van der Waals surface area contributed by atoms with Gasteiger partial charge in [-0.2, -0.15) is 0 Å². The summed E-state index contributed by atoms with van der Waals surface area (Å²) in [5, 5.41) is 12.3. The molecule has 0 aromatic heterocycles. The number of rotatable bonds is 9. The van der Waals surface area contributed by atoms with E-state index in [0.29, 0.717) is 24.3 Å². The van der Waals surface area contributed by atoms with Gasteiger partial charge in [-0.25, -0.2) is 0 Å². The summed E-state index contributed by atoms with van der Waals surface area (Å²) in [5.74, 6) is -0.371. The molecular formula is C20H24N2O4. The first-order valence-electron chi connectivity index (χ1n) is 8.43. The Morgan fingerprint density at radius 2 is 1.77 bits per heavy atom. The van der Waals surface area contributed by atoms with Crippen LogP contribution in [-0.2, 0) is 11.2 Å². The van der Waals surface area contributed by atoms with Crippen molar-refractivity contribution in [1.29, 1.82) is 0 Å². The molecule has 1 atom stereocenters. The van der Waals surface area contributed by atoms with E-state index in [2.05, 4.69) is 5.32 Å². The molecule has 0 saturated carbocycles. The molecule has 2 amide bonds. The molecule has 0 spiro atoms. The fourth-order valence-corrected chi connectivity index (χ4v) is 2.43. The number of hydrogen-bond acceptors (Lipinski definition) is 4. The second-order valence-corrected chi connectivity index (χ2v) is 6.22. The Bertz CT molecular complexity index is 726. The first kappa shape index (κ1) is 19.5. The van der Waals surface area contributed by atoms with Crippen molar-refractivity contribution in [2.75, 3.05) is 19.8 Å². The van der Waals surface area contributed by atoms with E-state index in [0.717, 1.165) is 5.56 Å². The monoisotopic (exact) mass is 356 g/mol. The molecule has 0 aliphatic rings. The summed E-state index contributed by atoms with van der Waals surface area (Å²) in [5.41, 5.74) is 7.85. The number of benzene rings is 2. The molecule has 0 radical (unpaired) electrons. The number of aliphatic hydroxyl groups excluding tert-OH is 1. The third kappa shape index (κ3) is 6.22. The molecule has 0 heterocycles. The van der Waals surface area contributed by atoms with Gasteiger partial charge in [0.15, 0.2) is 6.61 Å². The predicted molar refractivity (Wildman–Crippen MR) is 98.9 cm³/mol. The van der Waals surface area contributed by atoms with Crippen LogP contribution in [0.25, 0.3) is 0 Å². The number of carbonyl (C=O) groups excluding carboxylic acids is 2. The van der Waals surface area contributed by atoms with E-state index in [1.165, 1.54) is 5.56 Å². The van der Waals surface area contributed by atoms with E-state index in [1.807, 2.05) is 31.2 Å². The van der Waals surface area contributed by atoms with Gasteiger partial charge in [0.1, 0.15) is 5.75 Å². The lowest BCUT2D eigenvalue weighted by Gasteiger charge is -2.15. The van der Waals surface area contributed by atoms with Gasteiger partial charge in [-0.1, -0.05) is 29.8 Å². The first-order valence-corrected chi connectivity index (χ1v) is 8.43. The summed E-state index contributed by atoms with van der Waals surface area (Å²) in [7, 11) is 0. The number of carbonyl (C=O) groups is 2. The largest absolute Gasteiger partial charge is 0.484 e. The maximum absolute atomic E-state index is 11.9. The van der Waals surface area contributed by atoms with Gasteiger partial charge in [0, 0.05) is 24.6 Å². The first-order chi connectivity index (χ1) is 12.5. The lowest BCUT2D eigenvalue weighted by molar-refractivity contribution is -0.123. The van der Waals surface area contributed by atoms with Crippen molar-refractivity contribution >= 4 is 11.8 Å². The molecule has 1 unspecified atom stereocenters. The Morgan fingerprint density at radius 3 is 2.35 bits per heavy atom. The van der Waals surface area contributed by atoms with Crippen molar-refractivity contribution in [3.05, 3.63) is 65.2 Å². The molecule has 0 fully saturated rings. The van der Waals surface area contributed by atoms with E-state index in [4.69, 9.17) is 10.5 Å². The normalized spacial score (nSPS) is 11.6. The minimum absolute atomic E-state index is 0.0103. The molecule has 0 aliphatic carbocycles. The van der Waals surface area contributed by atoms with Crippen molar-refractivity contribution in [3.8, 4) is 5.75 Å². The van der Waals surface area contributed by atoms with Gasteiger partial charge in [0.05, 0.1) is 0 Å². The highest BCUT2D eigenvalue weighted by Gasteiger charge is 2.11. The zero-order chi connectivity index (χ0) is 18.9. The van der Waals surface area contributed by atoms with E-state index < -0.39 is 5.91 Å². The highest BCUT2D eigenvalue weighted by Crippen LogP contribution is 2.12. The molecule has 26 heavy (non-hydrogen) atoms. The molecule has 138 valence electrons. The van der Waals surface area contributed by atoms with Crippen LogP contribution in [0.15, 0.2) is 48.5 Å². The average Bonchev–Trinajstić information content (AvgIpc) is 2.65. The van der Waals surface area contributed by atoms with Crippen LogP contribution in [0.1, 0.15) is 21.5 Å². The third-order valence-corrected chi connectivity index (χ3v) is 4.00. The summed E-state index contributed by atoms with van der Waals surface area (Å²) in [6, 6.07) is 14.4. The van der Waals surface area contributed by atoms with Crippen LogP contribution in [0.4, 0.5) is 0 Å². The second kappa shape index (κ2) is 9.58. The molecule has 2 aromatic rings.